The maximum absolute atomic E-state index is 14.5. The molecule has 366 valence electrons. The zero-order valence-corrected chi connectivity index (χ0v) is 39.4. The molecule has 0 aliphatic carbocycles. The summed E-state index contributed by atoms with van der Waals surface area (Å²) in [5.41, 5.74) is 30.9. The number of primary amides is 1. The molecule has 23 heteroatoms. The molecule has 0 unspecified atom stereocenters. The van der Waals surface area contributed by atoms with Crippen molar-refractivity contribution < 1.29 is 38.7 Å². The van der Waals surface area contributed by atoms with Gasteiger partial charge in [-0.25, -0.2) is 0 Å². The number of unbranched alkanes of at least 4 members (excludes halogenated alkanes) is 1. The summed E-state index contributed by atoms with van der Waals surface area (Å²) in [4.78, 5) is 105. The van der Waals surface area contributed by atoms with Gasteiger partial charge in [-0.1, -0.05) is 76.5 Å². The lowest BCUT2D eigenvalue weighted by atomic mass is 9.99. The number of aliphatic hydroxyl groups is 1. The molecule has 1 saturated heterocycles. The fourth-order valence-electron chi connectivity index (χ4n) is 7.27. The van der Waals surface area contributed by atoms with Gasteiger partial charge in [-0.15, -0.1) is 0 Å². The summed E-state index contributed by atoms with van der Waals surface area (Å²) in [5, 5.41) is 27.3. The summed E-state index contributed by atoms with van der Waals surface area (Å²) < 4.78 is -1.09. The van der Waals surface area contributed by atoms with Gasteiger partial charge >= 0.3 is 0 Å². The number of carbonyl (C=O) groups is 7. The predicted octanol–water partition coefficient (Wildman–Crippen LogP) is -1.59. The topological polar surface area (TPSA) is 370 Å². The number of hydrogen-bond acceptors (Lipinski definition) is 13. The normalized spacial score (nSPS) is 23.0. The van der Waals surface area contributed by atoms with E-state index in [0.29, 0.717) is 36.9 Å². The number of guanidine groups is 1. The molecule has 1 aliphatic heterocycles. The third-order valence-corrected chi connectivity index (χ3v) is 14.3. The molecule has 0 radical (unpaired) electrons. The van der Waals surface area contributed by atoms with Crippen LogP contribution in [0.3, 0.4) is 0 Å². The number of fused-ring (bicyclic) bond motifs is 1. The molecule has 0 bridgehead atoms. The van der Waals surface area contributed by atoms with Crippen molar-refractivity contribution in [2.75, 3.05) is 25.4 Å². The first-order valence-electron chi connectivity index (χ1n) is 22.1. The van der Waals surface area contributed by atoms with Gasteiger partial charge in [-0.05, 0) is 69.7 Å². The summed E-state index contributed by atoms with van der Waals surface area (Å²) in [6, 6.07) is 6.91. The smallest absolute Gasteiger partial charge is 0.245 e. The average Bonchev–Trinajstić information content (AvgIpc) is 3.70. The number of aromatic nitrogens is 1. The summed E-state index contributed by atoms with van der Waals surface area (Å²) >= 11 is 0. The van der Waals surface area contributed by atoms with Crippen LogP contribution < -0.4 is 60.6 Å². The third kappa shape index (κ3) is 16.7. The van der Waals surface area contributed by atoms with Crippen molar-refractivity contribution in [3.63, 3.8) is 0 Å². The Hall–Kier alpha value is -5.88. The highest BCUT2D eigenvalue weighted by molar-refractivity contribution is 8.77. The number of amides is 7. The molecule has 21 nitrogen and oxygen atoms in total. The SMILES string of the molecule is CC1(C)SSCC[C@H](NC(=O)[C@H](N)CCCCN)C(=O)N[C@@H](CO)C(=O)N[C@H](Cc2ccccc2)C(=O)N[C@@H](CCCN=C(N)N)C(=O)N[C@@H](Cc2c[nH]c3ccccc23)C(=O)N[C@@H]1C(N)=O. The van der Waals surface area contributed by atoms with Gasteiger partial charge in [0.25, 0.3) is 0 Å². The van der Waals surface area contributed by atoms with Crippen LogP contribution in [0.25, 0.3) is 10.9 Å². The van der Waals surface area contributed by atoms with E-state index in [1.54, 1.807) is 50.4 Å². The van der Waals surface area contributed by atoms with Crippen molar-refractivity contribution in [1.82, 2.24) is 36.9 Å². The van der Waals surface area contributed by atoms with Gasteiger partial charge in [-0.2, -0.15) is 0 Å². The number of aromatic amines is 1. The predicted molar refractivity (Wildman–Crippen MR) is 260 cm³/mol. The van der Waals surface area contributed by atoms with Crippen LogP contribution in [0.15, 0.2) is 65.8 Å². The molecule has 4 rings (SSSR count). The first kappa shape index (κ1) is 53.7. The van der Waals surface area contributed by atoms with Crippen LogP contribution in [-0.4, -0.2) is 130 Å². The average molecular weight is 968 g/mol. The van der Waals surface area contributed by atoms with E-state index in [1.165, 1.54) is 21.6 Å². The minimum Gasteiger partial charge on any atom is -0.394 e. The van der Waals surface area contributed by atoms with Gasteiger partial charge in [0.15, 0.2) is 5.96 Å². The van der Waals surface area contributed by atoms with Gasteiger partial charge < -0.3 is 70.7 Å². The number of aliphatic imine (C=N–C) groups is 1. The molecule has 3 aromatic rings. The van der Waals surface area contributed by atoms with Crippen LogP contribution in [0.5, 0.6) is 0 Å². The highest BCUT2D eigenvalue weighted by Crippen LogP contribution is 2.39. The fraction of sp³-hybridized carbons (Fsp3) is 0.500. The molecule has 1 aromatic heterocycles. The van der Waals surface area contributed by atoms with E-state index in [-0.39, 0.29) is 50.4 Å². The first-order valence-corrected chi connectivity index (χ1v) is 24.4. The molecule has 1 fully saturated rings. The van der Waals surface area contributed by atoms with Crippen LogP contribution in [0.2, 0.25) is 0 Å². The van der Waals surface area contributed by atoms with Gasteiger partial charge in [0, 0.05) is 47.0 Å². The Kier molecular flexibility index (Phi) is 21.2. The van der Waals surface area contributed by atoms with Crippen LogP contribution >= 0.6 is 21.6 Å². The highest BCUT2D eigenvalue weighted by Gasteiger charge is 2.39. The van der Waals surface area contributed by atoms with E-state index < -0.39 is 95.0 Å². The number of H-pyrrole nitrogens is 1. The Morgan fingerprint density at radius 1 is 0.806 bits per heavy atom. The minimum atomic E-state index is -1.59. The van der Waals surface area contributed by atoms with Gasteiger partial charge in [0.1, 0.15) is 36.3 Å². The second-order valence-corrected chi connectivity index (χ2v) is 19.8. The number of carbonyl (C=O) groups excluding carboxylic acids is 7. The lowest BCUT2D eigenvalue weighted by molar-refractivity contribution is -0.136. The molecule has 2 heterocycles. The summed E-state index contributed by atoms with van der Waals surface area (Å²) in [5.74, 6) is -5.59. The fourth-order valence-corrected chi connectivity index (χ4v) is 10.00. The van der Waals surface area contributed by atoms with Gasteiger partial charge in [0.2, 0.25) is 41.4 Å². The molecule has 2 aromatic carbocycles. The number of nitrogens with zero attached hydrogens (tertiary/aromatic N) is 1. The molecule has 0 saturated carbocycles. The molecular weight excluding hydrogens is 903 g/mol. The Bertz CT molecular complexity index is 2190. The van der Waals surface area contributed by atoms with Crippen LogP contribution in [-0.2, 0) is 46.4 Å². The second kappa shape index (κ2) is 26.5. The molecule has 67 heavy (non-hydrogen) atoms. The minimum absolute atomic E-state index is 0.00343. The standard InChI is InChI=1S/C44H65N13O8S2/c1-44(2)35(36(47)59)57-41(64)33(22-26-23-51-29-15-7-6-13-27(26)29)55-38(61)30(16-10-19-50-43(48)49)53-40(63)32(21-25-11-4-3-5-12-25)54-42(65)34(24-58)56-39(62)31(17-20-66-67-44)52-37(60)28(46)14-8-9-18-45/h3-7,11-13,15,23,28,30-35,51,58H,8-10,14,16-22,24,45-46H2,1-2H3,(H2,47,59)(H,52,60)(H,53,63)(H,54,65)(H,55,61)(H,56,62)(H,57,64)(H4,48,49,50)/t28-,30+,31+,32-,33+,34+,35-/m1/s1. The highest BCUT2D eigenvalue weighted by atomic mass is 33.1. The largest absolute Gasteiger partial charge is 0.394 e. The first-order chi connectivity index (χ1) is 31.9. The number of nitrogens with two attached hydrogens (primary N) is 5. The van der Waals surface area contributed by atoms with Crippen LogP contribution in [0.4, 0.5) is 0 Å². The lowest BCUT2D eigenvalue weighted by Gasteiger charge is -2.33. The Morgan fingerprint density at radius 2 is 1.42 bits per heavy atom. The summed E-state index contributed by atoms with van der Waals surface area (Å²) in [7, 11) is 2.42. The summed E-state index contributed by atoms with van der Waals surface area (Å²) in [6.07, 6.45) is 3.22. The molecular formula is C44H65N13O8S2. The molecule has 7 atom stereocenters. The monoisotopic (exact) mass is 967 g/mol. The van der Waals surface area contributed by atoms with Crippen LogP contribution in [0.1, 0.15) is 63.5 Å². The van der Waals surface area contributed by atoms with Crippen molar-refractivity contribution in [3.05, 3.63) is 71.9 Å². The number of benzene rings is 2. The number of hydrogen-bond donors (Lipinski definition) is 13. The molecule has 0 spiro atoms. The number of para-hydroxylation sites is 1. The van der Waals surface area contributed by atoms with E-state index in [0.717, 1.165) is 10.9 Å². The van der Waals surface area contributed by atoms with Gasteiger partial charge in [-0.3, -0.25) is 38.6 Å². The molecule has 18 N–H and O–H groups in total. The number of nitrogens with one attached hydrogen (secondary N) is 7. The third-order valence-electron chi connectivity index (χ3n) is 11.0. The van der Waals surface area contributed by atoms with E-state index in [9.17, 15) is 38.7 Å². The van der Waals surface area contributed by atoms with E-state index in [2.05, 4.69) is 41.9 Å². The zero-order chi connectivity index (χ0) is 49.1. The molecule has 7 amide bonds. The quantitative estimate of drug-likeness (QED) is 0.0334. The van der Waals surface area contributed by atoms with Crippen LogP contribution in [0, 0.1) is 0 Å². The van der Waals surface area contributed by atoms with E-state index >= 15 is 0 Å². The van der Waals surface area contributed by atoms with Crippen molar-refractivity contribution in [2.45, 2.75) is 112 Å². The van der Waals surface area contributed by atoms with Crippen molar-refractivity contribution in [2.24, 2.45) is 33.7 Å². The Labute approximate surface area is 397 Å². The molecule has 1 aliphatic rings. The number of rotatable bonds is 16. The Morgan fingerprint density at radius 3 is 2.09 bits per heavy atom. The van der Waals surface area contributed by atoms with Crippen molar-refractivity contribution in [3.8, 4) is 0 Å². The second-order valence-electron chi connectivity index (χ2n) is 16.7. The number of aliphatic hydroxyl groups excluding tert-OH is 1. The summed E-state index contributed by atoms with van der Waals surface area (Å²) in [6.45, 7) is 2.97. The van der Waals surface area contributed by atoms with Gasteiger partial charge in [0.05, 0.1) is 12.6 Å². The van der Waals surface area contributed by atoms with Crippen molar-refractivity contribution >= 4 is 79.8 Å². The van der Waals surface area contributed by atoms with E-state index in [1.807, 2.05) is 24.3 Å². The van der Waals surface area contributed by atoms with E-state index in [4.69, 9.17) is 28.7 Å². The van der Waals surface area contributed by atoms with Crippen molar-refractivity contribution in [1.29, 1.82) is 0 Å². The maximum atomic E-state index is 14.5. The zero-order valence-electron chi connectivity index (χ0n) is 37.8. The Balaban J connectivity index is 1.78. The maximum Gasteiger partial charge on any atom is 0.245 e. The lowest BCUT2D eigenvalue weighted by Crippen LogP contribution is -2.62.